The fourth-order valence-corrected chi connectivity index (χ4v) is 5.73. The first kappa shape index (κ1) is 34.0. The average Bonchev–Trinajstić information content (AvgIpc) is 3.63. The van der Waals surface area contributed by atoms with E-state index in [0.29, 0.717) is 25.8 Å². The largest absolute Gasteiger partial charge is 0.434 e. The molecule has 0 spiro atoms. The molecule has 1 aliphatic rings. The van der Waals surface area contributed by atoms with E-state index < -0.39 is 25.2 Å². The molecule has 17 heteroatoms. The summed E-state index contributed by atoms with van der Waals surface area (Å²) in [5, 5.41) is 11.4. The fourth-order valence-electron chi connectivity index (χ4n) is 5.56. The number of amides is 2. The summed E-state index contributed by atoms with van der Waals surface area (Å²) in [6.45, 7) is -1.71. The van der Waals surface area contributed by atoms with Crippen LogP contribution in [0, 0.1) is 0 Å². The monoisotopic (exact) mass is 682 g/mol. The van der Waals surface area contributed by atoms with E-state index in [1.54, 1.807) is 17.2 Å². The van der Waals surface area contributed by atoms with Crippen molar-refractivity contribution in [2.45, 2.75) is 58.0 Å². The molecule has 0 unspecified atom stereocenters. The predicted octanol–water partition coefficient (Wildman–Crippen LogP) is 5.76. The van der Waals surface area contributed by atoms with E-state index in [0.717, 1.165) is 6.42 Å². The molecule has 47 heavy (non-hydrogen) atoms. The molecule has 4 aromatic rings. The molecule has 1 aromatic carbocycles. The van der Waals surface area contributed by atoms with Gasteiger partial charge in [0.15, 0.2) is 5.65 Å². The second-order valence-corrected chi connectivity index (χ2v) is 11.5. The molecule has 1 N–H and O–H groups in total. The van der Waals surface area contributed by atoms with Crippen LogP contribution in [0.3, 0.4) is 0 Å². The number of halogens is 6. The van der Waals surface area contributed by atoms with E-state index >= 15 is 0 Å². The van der Waals surface area contributed by atoms with Crippen molar-refractivity contribution in [3.8, 4) is 17.0 Å². The van der Waals surface area contributed by atoms with E-state index in [-0.39, 0.29) is 70.5 Å². The van der Waals surface area contributed by atoms with Gasteiger partial charge in [0.05, 0.1) is 18.4 Å². The highest BCUT2D eigenvalue weighted by Gasteiger charge is 2.35. The van der Waals surface area contributed by atoms with Crippen LogP contribution in [-0.2, 0) is 11.3 Å². The molecule has 0 radical (unpaired) electrons. The van der Waals surface area contributed by atoms with Crippen molar-refractivity contribution in [1.29, 1.82) is 0 Å². The van der Waals surface area contributed by atoms with Crippen LogP contribution in [-0.4, -0.2) is 91.0 Å². The van der Waals surface area contributed by atoms with Crippen LogP contribution in [0.15, 0.2) is 49.1 Å². The van der Waals surface area contributed by atoms with Crippen LogP contribution < -0.4 is 10.1 Å². The second kappa shape index (κ2) is 14.6. The van der Waals surface area contributed by atoms with Crippen molar-refractivity contribution in [2.75, 3.05) is 31.5 Å². The van der Waals surface area contributed by atoms with Crippen LogP contribution in [0.5, 0.6) is 5.75 Å². The number of alkyl halides is 5. The number of unbranched alkanes of at least 4 members (excludes halogenated alkanes) is 1. The Morgan fingerprint density at radius 3 is 2.68 bits per heavy atom. The summed E-state index contributed by atoms with van der Waals surface area (Å²) in [4.78, 5) is 33.9. The Bertz CT molecular complexity index is 1700. The molecule has 1 fully saturated rings. The fraction of sp³-hybridized carbons (Fsp3) is 0.433. The Hall–Kier alpha value is -4.31. The Balaban J connectivity index is 1.37. The van der Waals surface area contributed by atoms with Gasteiger partial charge < -0.3 is 15.0 Å². The molecule has 0 aliphatic carbocycles. The highest BCUT2D eigenvalue weighted by atomic mass is 35.5. The molecule has 4 heterocycles. The Morgan fingerprint density at radius 2 is 1.98 bits per heavy atom. The molecule has 3 aromatic heterocycles. The number of anilines is 1. The summed E-state index contributed by atoms with van der Waals surface area (Å²) in [5.41, 5.74) is 0.500. The van der Waals surface area contributed by atoms with Crippen molar-refractivity contribution in [1.82, 2.24) is 34.2 Å². The molecule has 0 atom stereocenters. The summed E-state index contributed by atoms with van der Waals surface area (Å²) in [6.07, 6.45) is 3.62. The summed E-state index contributed by atoms with van der Waals surface area (Å²) in [6, 6.07) is 5.26. The van der Waals surface area contributed by atoms with Gasteiger partial charge in [-0.25, -0.2) is 9.50 Å². The van der Waals surface area contributed by atoms with Gasteiger partial charge >= 0.3 is 12.8 Å². The van der Waals surface area contributed by atoms with E-state index in [9.17, 15) is 31.5 Å². The van der Waals surface area contributed by atoms with Crippen LogP contribution in [0.2, 0.25) is 5.02 Å². The first-order valence-corrected chi connectivity index (χ1v) is 15.3. The summed E-state index contributed by atoms with van der Waals surface area (Å²) in [5.74, 6) is -1.24. The topological polar surface area (TPSA) is 110 Å². The normalized spacial score (nSPS) is 14.4. The number of benzene rings is 1. The first-order valence-electron chi connectivity index (χ1n) is 14.9. The van der Waals surface area contributed by atoms with Gasteiger partial charge in [-0.2, -0.15) is 32.1 Å². The highest BCUT2D eigenvalue weighted by Crippen LogP contribution is 2.37. The lowest BCUT2D eigenvalue weighted by Crippen LogP contribution is -2.50. The van der Waals surface area contributed by atoms with Gasteiger partial charge in [0.25, 0.3) is 5.91 Å². The SMILES string of the molecule is CCCCN(CC(F)(F)F)C1CCN(C(=O)Cn2cc(NC(=O)c3cnn4cccnc34)c(-c3cc(Cl)ccc3OC(F)F)n2)CC1. The number of aromatic nitrogens is 5. The van der Waals surface area contributed by atoms with E-state index in [1.165, 1.54) is 50.9 Å². The van der Waals surface area contributed by atoms with Gasteiger partial charge in [-0.05, 0) is 50.1 Å². The zero-order valence-electron chi connectivity index (χ0n) is 25.3. The third-order valence-electron chi connectivity index (χ3n) is 7.76. The van der Waals surface area contributed by atoms with Crippen molar-refractivity contribution in [3.05, 3.63) is 59.6 Å². The van der Waals surface area contributed by atoms with Crippen molar-refractivity contribution < 1.29 is 36.3 Å². The van der Waals surface area contributed by atoms with Crippen molar-refractivity contribution in [3.63, 3.8) is 0 Å². The number of hydrogen-bond acceptors (Lipinski definition) is 7. The highest BCUT2D eigenvalue weighted by molar-refractivity contribution is 6.31. The van der Waals surface area contributed by atoms with Crippen molar-refractivity contribution in [2.24, 2.45) is 0 Å². The summed E-state index contributed by atoms with van der Waals surface area (Å²) < 4.78 is 73.6. The second-order valence-electron chi connectivity index (χ2n) is 11.1. The maximum atomic E-state index is 13.4. The molecule has 252 valence electrons. The van der Waals surface area contributed by atoms with E-state index in [4.69, 9.17) is 11.6 Å². The maximum Gasteiger partial charge on any atom is 0.401 e. The summed E-state index contributed by atoms with van der Waals surface area (Å²) >= 11 is 6.19. The minimum absolute atomic E-state index is 0.00570. The number of nitrogens with one attached hydrogen (secondary N) is 1. The van der Waals surface area contributed by atoms with E-state index in [2.05, 4.69) is 25.2 Å². The van der Waals surface area contributed by atoms with E-state index in [1.807, 2.05) is 6.92 Å². The number of hydrogen-bond donors (Lipinski definition) is 1. The zero-order chi connectivity index (χ0) is 33.7. The molecule has 2 amide bonds. The van der Waals surface area contributed by atoms with Crippen molar-refractivity contribution >= 4 is 34.7 Å². The zero-order valence-corrected chi connectivity index (χ0v) is 26.0. The molecular weight excluding hydrogens is 651 g/mol. The van der Waals surface area contributed by atoms with Crippen LogP contribution in [0.25, 0.3) is 16.9 Å². The van der Waals surface area contributed by atoms with Gasteiger partial charge in [0.1, 0.15) is 23.6 Å². The lowest BCUT2D eigenvalue weighted by Gasteiger charge is -2.39. The number of ether oxygens (including phenoxy) is 1. The van der Waals surface area contributed by atoms with Gasteiger partial charge in [0.2, 0.25) is 5.91 Å². The molecule has 11 nitrogen and oxygen atoms in total. The number of likely N-dealkylation sites (tertiary alicyclic amines) is 1. The molecule has 0 saturated carbocycles. The Morgan fingerprint density at radius 1 is 1.21 bits per heavy atom. The lowest BCUT2D eigenvalue weighted by atomic mass is 10.0. The quantitative estimate of drug-likeness (QED) is 0.190. The predicted molar refractivity (Wildman–Crippen MR) is 162 cm³/mol. The third kappa shape index (κ3) is 8.54. The minimum atomic E-state index is -4.32. The average molecular weight is 683 g/mol. The van der Waals surface area contributed by atoms with Crippen LogP contribution in [0.1, 0.15) is 43.0 Å². The first-order chi connectivity index (χ1) is 22.4. The molecule has 1 saturated heterocycles. The van der Waals surface area contributed by atoms with Gasteiger partial charge in [-0.15, -0.1) is 0 Å². The number of carbonyl (C=O) groups excluding carboxylic acids is 2. The number of carbonyl (C=O) groups is 2. The van der Waals surface area contributed by atoms with Crippen LogP contribution in [0.4, 0.5) is 27.6 Å². The number of piperidine rings is 1. The minimum Gasteiger partial charge on any atom is -0.434 e. The Labute approximate surface area is 271 Å². The molecule has 5 rings (SSSR count). The summed E-state index contributed by atoms with van der Waals surface area (Å²) in [7, 11) is 0. The molecule has 1 aliphatic heterocycles. The standard InChI is InChI=1S/C30H32ClF5N8O3/c1-2-3-10-42(18-30(34,35)36)20-7-12-41(13-8-20)25(45)17-43-16-23(39-28(46)22-15-38-44-11-4-9-37-27(22)44)26(40-43)21-14-19(31)5-6-24(21)47-29(32)33/h4-6,9,11,14-16,20,29H,2-3,7-8,10,12-13,17-18H2,1H3,(H,39,46). The van der Waals surface area contributed by atoms with Gasteiger partial charge in [-0.3, -0.25) is 19.2 Å². The maximum absolute atomic E-state index is 13.4. The number of nitrogens with zero attached hydrogens (tertiary/aromatic N) is 7. The Kier molecular flexibility index (Phi) is 10.6. The smallest absolute Gasteiger partial charge is 0.401 e. The number of fused-ring (bicyclic) bond motifs is 1. The molecular formula is C30H32ClF5N8O3. The number of rotatable bonds is 12. The van der Waals surface area contributed by atoms with Gasteiger partial charge in [0, 0.05) is 48.3 Å². The molecule has 0 bridgehead atoms. The lowest BCUT2D eigenvalue weighted by molar-refractivity contribution is -0.154. The van der Waals surface area contributed by atoms with Crippen LogP contribution >= 0.6 is 11.6 Å². The third-order valence-corrected chi connectivity index (χ3v) is 7.99. The van der Waals surface area contributed by atoms with Gasteiger partial charge in [-0.1, -0.05) is 24.9 Å².